The Hall–Kier alpha value is -1.75. The lowest BCUT2D eigenvalue weighted by Crippen LogP contribution is -2.47. The minimum absolute atomic E-state index is 0.101. The van der Waals surface area contributed by atoms with Crippen molar-refractivity contribution in [1.29, 1.82) is 0 Å². The average molecular weight is 302 g/mol. The Morgan fingerprint density at radius 2 is 1.82 bits per heavy atom. The molecular weight excluding hydrogens is 276 g/mol. The monoisotopic (exact) mass is 302 g/mol. The zero-order chi connectivity index (χ0) is 15.4. The molecule has 2 saturated heterocycles. The highest BCUT2D eigenvalue weighted by Gasteiger charge is 2.20. The fraction of sp³-hybridized carbons (Fsp3) is 0.588. The summed E-state index contributed by atoms with van der Waals surface area (Å²) >= 11 is 0. The summed E-state index contributed by atoms with van der Waals surface area (Å²) in [5.41, 5.74) is 2.73. The molecule has 3 rings (SSSR count). The van der Waals surface area contributed by atoms with Gasteiger partial charge in [0, 0.05) is 51.5 Å². The summed E-state index contributed by atoms with van der Waals surface area (Å²) in [5.74, 6) is 0. The number of urea groups is 1. The maximum atomic E-state index is 11.5. The van der Waals surface area contributed by atoms with Crippen molar-refractivity contribution in [2.24, 2.45) is 0 Å². The largest absolute Gasteiger partial charge is 0.369 e. The van der Waals surface area contributed by atoms with E-state index in [-0.39, 0.29) is 6.03 Å². The number of carbonyl (C=O) groups excluding carboxylic acids is 1. The van der Waals surface area contributed by atoms with Crippen LogP contribution in [-0.2, 0) is 0 Å². The van der Waals surface area contributed by atoms with Crippen LogP contribution in [0.4, 0.5) is 10.5 Å². The third-order valence-electron chi connectivity index (χ3n) is 4.68. The second-order valence-electron chi connectivity index (χ2n) is 6.19. The van der Waals surface area contributed by atoms with Crippen molar-refractivity contribution in [2.45, 2.75) is 13.3 Å². The maximum absolute atomic E-state index is 11.5. The Bertz CT molecular complexity index is 511. The third-order valence-corrected chi connectivity index (χ3v) is 4.68. The van der Waals surface area contributed by atoms with Gasteiger partial charge in [0.15, 0.2) is 0 Å². The van der Waals surface area contributed by atoms with Crippen molar-refractivity contribution < 1.29 is 4.79 Å². The van der Waals surface area contributed by atoms with Crippen LogP contribution in [0.1, 0.15) is 12.0 Å². The lowest BCUT2D eigenvalue weighted by atomic mass is 10.1. The minimum Gasteiger partial charge on any atom is -0.369 e. The van der Waals surface area contributed by atoms with Gasteiger partial charge in [-0.25, -0.2) is 4.79 Å². The molecule has 5 heteroatoms. The molecule has 1 N–H and O–H groups in total. The molecule has 0 atom stereocenters. The molecule has 0 aliphatic carbocycles. The summed E-state index contributed by atoms with van der Waals surface area (Å²) < 4.78 is 0. The molecule has 2 amide bonds. The fourth-order valence-electron chi connectivity index (χ4n) is 3.34. The highest BCUT2D eigenvalue weighted by atomic mass is 16.2. The van der Waals surface area contributed by atoms with Crippen LogP contribution >= 0.6 is 0 Å². The first-order valence-corrected chi connectivity index (χ1v) is 8.30. The number of anilines is 1. The molecule has 0 radical (unpaired) electrons. The number of amides is 2. The SMILES string of the molecule is Cc1ccccc1N1CCN(CCCN2CCNC2=O)CC1. The van der Waals surface area contributed by atoms with Crippen LogP contribution in [0, 0.1) is 6.92 Å². The standard InChI is InChI=1S/C17H26N4O/c1-15-5-2-3-6-16(15)20-13-11-19(12-14-20)8-4-9-21-10-7-18-17(21)22/h2-3,5-6H,4,7-14H2,1H3,(H,18,22). The van der Waals surface area contributed by atoms with E-state index in [9.17, 15) is 4.79 Å². The second kappa shape index (κ2) is 7.01. The molecule has 2 fully saturated rings. The molecule has 0 unspecified atom stereocenters. The summed E-state index contributed by atoms with van der Waals surface area (Å²) in [4.78, 5) is 18.4. The molecular formula is C17H26N4O. The van der Waals surface area contributed by atoms with E-state index in [1.807, 2.05) is 4.90 Å². The molecule has 22 heavy (non-hydrogen) atoms. The Balaban J connectivity index is 1.40. The van der Waals surface area contributed by atoms with Gasteiger partial charge in [-0.2, -0.15) is 0 Å². The Morgan fingerprint density at radius 1 is 1.05 bits per heavy atom. The molecule has 1 aromatic rings. The molecule has 0 bridgehead atoms. The van der Waals surface area contributed by atoms with Crippen LogP contribution in [0.3, 0.4) is 0 Å². The second-order valence-corrected chi connectivity index (χ2v) is 6.19. The number of nitrogens with zero attached hydrogens (tertiary/aromatic N) is 3. The van der Waals surface area contributed by atoms with Crippen molar-refractivity contribution in [1.82, 2.24) is 15.1 Å². The van der Waals surface area contributed by atoms with Gasteiger partial charge in [-0.15, -0.1) is 0 Å². The number of para-hydroxylation sites is 1. The first kappa shape index (κ1) is 15.2. The number of rotatable bonds is 5. The summed E-state index contributed by atoms with van der Waals surface area (Å²) in [5, 5.41) is 2.85. The number of piperazine rings is 1. The molecule has 0 spiro atoms. The van der Waals surface area contributed by atoms with E-state index in [2.05, 4.69) is 46.3 Å². The normalized spacial score (nSPS) is 19.6. The summed E-state index contributed by atoms with van der Waals surface area (Å²) in [7, 11) is 0. The van der Waals surface area contributed by atoms with Crippen LogP contribution < -0.4 is 10.2 Å². The van der Waals surface area contributed by atoms with Crippen LogP contribution in [-0.4, -0.2) is 68.2 Å². The fourth-order valence-corrected chi connectivity index (χ4v) is 3.34. The van der Waals surface area contributed by atoms with E-state index in [1.165, 1.54) is 11.3 Å². The van der Waals surface area contributed by atoms with Gasteiger partial charge in [-0.3, -0.25) is 4.90 Å². The third kappa shape index (κ3) is 3.53. The quantitative estimate of drug-likeness (QED) is 0.896. The molecule has 2 aliphatic rings. The number of benzene rings is 1. The first-order valence-electron chi connectivity index (χ1n) is 8.30. The smallest absolute Gasteiger partial charge is 0.317 e. The van der Waals surface area contributed by atoms with Gasteiger partial charge in [-0.1, -0.05) is 18.2 Å². The predicted molar refractivity (Wildman–Crippen MR) is 89.4 cm³/mol. The van der Waals surface area contributed by atoms with Crippen molar-refractivity contribution in [2.75, 3.05) is 57.3 Å². The Labute approximate surface area is 132 Å². The average Bonchev–Trinajstić information content (AvgIpc) is 2.94. The van der Waals surface area contributed by atoms with Gasteiger partial charge in [0.2, 0.25) is 0 Å². The van der Waals surface area contributed by atoms with E-state index in [1.54, 1.807) is 0 Å². The van der Waals surface area contributed by atoms with E-state index in [0.29, 0.717) is 0 Å². The van der Waals surface area contributed by atoms with E-state index >= 15 is 0 Å². The van der Waals surface area contributed by atoms with E-state index < -0.39 is 0 Å². The minimum atomic E-state index is 0.101. The van der Waals surface area contributed by atoms with E-state index in [4.69, 9.17) is 0 Å². The number of aryl methyl sites for hydroxylation is 1. The van der Waals surface area contributed by atoms with Crippen molar-refractivity contribution in [3.8, 4) is 0 Å². The van der Waals surface area contributed by atoms with Gasteiger partial charge >= 0.3 is 6.03 Å². The van der Waals surface area contributed by atoms with Crippen LogP contribution in [0.15, 0.2) is 24.3 Å². The van der Waals surface area contributed by atoms with Gasteiger partial charge in [-0.05, 0) is 31.5 Å². The molecule has 2 heterocycles. The number of nitrogens with one attached hydrogen (secondary N) is 1. The Kier molecular flexibility index (Phi) is 4.83. The summed E-state index contributed by atoms with van der Waals surface area (Å²) in [6.45, 7) is 10.2. The van der Waals surface area contributed by atoms with E-state index in [0.717, 1.165) is 58.8 Å². The van der Waals surface area contributed by atoms with Crippen molar-refractivity contribution in [3.63, 3.8) is 0 Å². The van der Waals surface area contributed by atoms with Crippen molar-refractivity contribution >= 4 is 11.7 Å². The molecule has 0 saturated carbocycles. The summed E-state index contributed by atoms with van der Waals surface area (Å²) in [6, 6.07) is 8.73. The molecule has 1 aromatic carbocycles. The van der Waals surface area contributed by atoms with Crippen LogP contribution in [0.25, 0.3) is 0 Å². The lowest BCUT2D eigenvalue weighted by Gasteiger charge is -2.37. The lowest BCUT2D eigenvalue weighted by molar-refractivity contribution is 0.208. The Morgan fingerprint density at radius 3 is 2.50 bits per heavy atom. The zero-order valence-corrected chi connectivity index (χ0v) is 13.4. The van der Waals surface area contributed by atoms with Crippen molar-refractivity contribution in [3.05, 3.63) is 29.8 Å². The zero-order valence-electron chi connectivity index (χ0n) is 13.4. The van der Waals surface area contributed by atoms with Crippen LogP contribution in [0.2, 0.25) is 0 Å². The van der Waals surface area contributed by atoms with Gasteiger partial charge < -0.3 is 15.1 Å². The highest BCUT2D eigenvalue weighted by Crippen LogP contribution is 2.20. The van der Waals surface area contributed by atoms with Gasteiger partial charge in [0.25, 0.3) is 0 Å². The number of hydrogen-bond donors (Lipinski definition) is 1. The molecule has 120 valence electrons. The van der Waals surface area contributed by atoms with Crippen LogP contribution in [0.5, 0.6) is 0 Å². The molecule has 5 nitrogen and oxygen atoms in total. The summed E-state index contributed by atoms with van der Waals surface area (Å²) in [6.07, 6.45) is 1.07. The predicted octanol–water partition coefficient (Wildman–Crippen LogP) is 1.53. The molecule has 0 aromatic heterocycles. The first-order chi connectivity index (χ1) is 10.7. The maximum Gasteiger partial charge on any atom is 0.317 e. The van der Waals surface area contributed by atoms with Gasteiger partial charge in [0.1, 0.15) is 0 Å². The molecule has 2 aliphatic heterocycles. The highest BCUT2D eigenvalue weighted by molar-refractivity contribution is 5.76. The number of carbonyl (C=O) groups is 1. The van der Waals surface area contributed by atoms with Gasteiger partial charge in [0.05, 0.1) is 0 Å². The topological polar surface area (TPSA) is 38.8 Å². The number of hydrogen-bond acceptors (Lipinski definition) is 3.